The Kier molecular flexibility index (Phi) is 6.92. The maximum Gasteiger partial charge on any atom is 0.433 e. The second-order valence-electron chi connectivity index (χ2n) is 8.70. The van der Waals surface area contributed by atoms with Gasteiger partial charge in [-0.2, -0.15) is 13.2 Å². The molecule has 1 amide bonds. The number of pyridine rings is 1. The number of morpholine rings is 1. The maximum absolute atomic E-state index is 13.8. The van der Waals surface area contributed by atoms with Gasteiger partial charge in [0.15, 0.2) is 11.3 Å². The number of nitrogens with zero attached hydrogens (tertiary/aromatic N) is 3. The quantitative estimate of drug-likeness (QED) is 0.514. The third kappa shape index (κ3) is 5.51. The van der Waals surface area contributed by atoms with Crippen LogP contribution >= 0.6 is 11.8 Å². The Morgan fingerprint density at radius 1 is 1.17 bits per heavy atom. The van der Waals surface area contributed by atoms with Gasteiger partial charge in [-0.1, -0.05) is 0 Å². The smallest absolute Gasteiger partial charge is 0.372 e. The highest BCUT2D eigenvalue weighted by Crippen LogP contribution is 2.41. The third-order valence-corrected chi connectivity index (χ3v) is 6.82. The van der Waals surface area contributed by atoms with Crippen LogP contribution in [0.4, 0.5) is 13.2 Å². The van der Waals surface area contributed by atoms with Gasteiger partial charge in [-0.3, -0.25) is 9.59 Å². The van der Waals surface area contributed by atoms with Crippen molar-refractivity contribution in [1.82, 2.24) is 19.9 Å². The second-order valence-corrected chi connectivity index (χ2v) is 10.1. The van der Waals surface area contributed by atoms with Gasteiger partial charge in [0.2, 0.25) is 0 Å². The van der Waals surface area contributed by atoms with Crippen LogP contribution in [-0.2, 0) is 10.9 Å². The van der Waals surface area contributed by atoms with Crippen molar-refractivity contribution in [1.29, 1.82) is 0 Å². The number of aryl methyl sites for hydroxylation is 1. The molecule has 1 aliphatic heterocycles. The molecule has 11 heteroatoms. The molecule has 3 aromatic rings. The number of halogens is 3. The number of carbonyl (C=O) groups excluding carboxylic acids is 1. The summed E-state index contributed by atoms with van der Waals surface area (Å²) in [7, 11) is 0. The van der Waals surface area contributed by atoms with Gasteiger partial charge in [0.05, 0.1) is 17.6 Å². The van der Waals surface area contributed by atoms with E-state index in [1.807, 2.05) is 13.8 Å². The minimum absolute atomic E-state index is 0.000891. The number of rotatable bonds is 4. The molecule has 1 aromatic carbocycles. The predicted molar refractivity (Wildman–Crippen MR) is 127 cm³/mol. The Balaban J connectivity index is 1.59. The molecule has 0 spiro atoms. The van der Waals surface area contributed by atoms with E-state index in [4.69, 9.17) is 4.74 Å². The number of benzene rings is 1. The van der Waals surface area contributed by atoms with Crippen LogP contribution in [0.2, 0.25) is 0 Å². The first-order valence-corrected chi connectivity index (χ1v) is 12.0. The van der Waals surface area contributed by atoms with Crippen LogP contribution < -0.4 is 5.56 Å². The number of hydrogen-bond acceptors (Lipinski definition) is 6. The van der Waals surface area contributed by atoms with Crippen LogP contribution in [0.15, 0.2) is 40.0 Å². The molecule has 0 radical (unpaired) electrons. The zero-order valence-electron chi connectivity index (χ0n) is 19.6. The van der Waals surface area contributed by atoms with E-state index in [1.54, 1.807) is 36.1 Å². The molecular weight excluding hydrogens is 481 g/mol. The molecule has 1 aliphatic rings. The number of nitrogens with one attached hydrogen (secondary N) is 1. The van der Waals surface area contributed by atoms with E-state index >= 15 is 0 Å². The van der Waals surface area contributed by atoms with Crippen molar-refractivity contribution >= 4 is 28.7 Å². The number of aromatic amines is 1. The van der Waals surface area contributed by atoms with Crippen LogP contribution in [0.1, 0.15) is 53.5 Å². The van der Waals surface area contributed by atoms with Gasteiger partial charge in [-0.05, 0) is 63.6 Å². The number of fused-ring (bicyclic) bond motifs is 1. The Bertz CT molecular complexity index is 1300. The second kappa shape index (κ2) is 9.62. The lowest BCUT2D eigenvalue weighted by atomic mass is 10.1. The molecule has 1 N–H and O–H groups in total. The Morgan fingerprint density at radius 3 is 2.40 bits per heavy atom. The maximum atomic E-state index is 13.8. The summed E-state index contributed by atoms with van der Waals surface area (Å²) < 4.78 is 47.1. The molecule has 7 nitrogen and oxygen atoms in total. The van der Waals surface area contributed by atoms with Crippen molar-refractivity contribution in [2.75, 3.05) is 13.1 Å². The first-order valence-electron chi connectivity index (χ1n) is 11.1. The van der Waals surface area contributed by atoms with Gasteiger partial charge in [-0.15, -0.1) is 11.8 Å². The number of thioether (sulfide) groups is 1. The summed E-state index contributed by atoms with van der Waals surface area (Å²) in [6.45, 7) is 7.93. The van der Waals surface area contributed by atoms with Crippen LogP contribution in [0.3, 0.4) is 0 Å². The molecule has 35 heavy (non-hydrogen) atoms. The number of hydrogen-bond donors (Lipinski definition) is 1. The molecule has 0 aliphatic carbocycles. The normalized spacial score (nSPS) is 19.7. The molecule has 1 saturated heterocycles. The molecule has 3 atom stereocenters. The molecule has 0 unspecified atom stereocenters. The first-order chi connectivity index (χ1) is 16.4. The van der Waals surface area contributed by atoms with E-state index in [9.17, 15) is 22.8 Å². The fourth-order valence-corrected chi connectivity index (χ4v) is 5.20. The van der Waals surface area contributed by atoms with Crippen molar-refractivity contribution in [3.8, 4) is 0 Å². The van der Waals surface area contributed by atoms with Crippen LogP contribution in [0, 0.1) is 6.92 Å². The minimum atomic E-state index is -4.71. The largest absolute Gasteiger partial charge is 0.433 e. The monoisotopic (exact) mass is 506 g/mol. The van der Waals surface area contributed by atoms with Crippen molar-refractivity contribution in [2.45, 2.75) is 56.2 Å². The molecule has 4 rings (SSSR count). The fourth-order valence-electron chi connectivity index (χ4n) is 4.20. The van der Waals surface area contributed by atoms with E-state index in [-0.39, 0.29) is 40.5 Å². The van der Waals surface area contributed by atoms with Gasteiger partial charge < -0.3 is 14.6 Å². The highest BCUT2D eigenvalue weighted by Gasteiger charge is 2.37. The average Bonchev–Trinajstić information content (AvgIpc) is 2.77. The number of aromatic nitrogens is 3. The molecule has 186 valence electrons. The van der Waals surface area contributed by atoms with Crippen LogP contribution in [-0.4, -0.2) is 51.1 Å². The molecule has 0 bridgehead atoms. The summed E-state index contributed by atoms with van der Waals surface area (Å²) in [5.41, 5.74) is -1.46. The molecular formula is C24H25F3N4O3S. The standard InChI is InChI=1S/C24H25F3N4O3S/c1-12-10-31(11-13(2)34-12)23(33)16-5-7-17(8-6-16)35-14(3)18-9-19-21(28-15(4)29-22(19)32)30-20(18)24(25,26)27/h5-9,12-14H,10-11H2,1-4H3,(H,28,29,30,32)/t12-,13+,14-/m1/s1. The SMILES string of the molecule is Cc1nc2nc(C(F)(F)F)c([C@@H](C)Sc3ccc(C(=O)N4C[C@@H](C)O[C@@H](C)C4)cc3)cc2c(=O)[nH]1. The Morgan fingerprint density at radius 2 is 1.80 bits per heavy atom. The van der Waals surface area contributed by atoms with Crippen LogP contribution in [0.25, 0.3) is 11.0 Å². The summed E-state index contributed by atoms with van der Waals surface area (Å²) in [5, 5.41) is -0.673. The number of alkyl halides is 3. The van der Waals surface area contributed by atoms with E-state index in [2.05, 4.69) is 15.0 Å². The van der Waals surface area contributed by atoms with Crippen LogP contribution in [0.5, 0.6) is 0 Å². The lowest BCUT2D eigenvalue weighted by molar-refractivity contribution is -0.141. The van der Waals surface area contributed by atoms with Crippen molar-refractivity contribution in [3.05, 3.63) is 63.3 Å². The first kappa shape index (κ1) is 25.2. The summed E-state index contributed by atoms with van der Waals surface area (Å²) >= 11 is 1.18. The lowest BCUT2D eigenvalue weighted by Crippen LogP contribution is -2.48. The average molecular weight is 507 g/mol. The van der Waals surface area contributed by atoms with Crippen molar-refractivity contribution in [3.63, 3.8) is 0 Å². The summed E-state index contributed by atoms with van der Waals surface area (Å²) in [5.74, 6) is 0.0747. The number of ether oxygens (including phenoxy) is 1. The molecule has 2 aromatic heterocycles. The summed E-state index contributed by atoms with van der Waals surface area (Å²) in [6.07, 6.45) is -4.81. The number of H-pyrrole nitrogens is 1. The van der Waals surface area contributed by atoms with E-state index < -0.39 is 22.7 Å². The van der Waals surface area contributed by atoms with Gasteiger partial charge in [0.1, 0.15) is 5.82 Å². The zero-order chi connectivity index (χ0) is 25.5. The van der Waals surface area contributed by atoms with Crippen molar-refractivity contribution < 1.29 is 22.7 Å². The molecule has 0 saturated carbocycles. The van der Waals surface area contributed by atoms with E-state index in [1.165, 1.54) is 24.8 Å². The third-order valence-electron chi connectivity index (χ3n) is 5.67. The highest BCUT2D eigenvalue weighted by molar-refractivity contribution is 7.99. The highest BCUT2D eigenvalue weighted by atomic mass is 32.2. The van der Waals surface area contributed by atoms with E-state index in [0.717, 1.165) is 0 Å². The number of carbonyl (C=O) groups is 1. The van der Waals surface area contributed by atoms with Gasteiger partial charge in [0.25, 0.3) is 11.5 Å². The van der Waals surface area contributed by atoms with Gasteiger partial charge in [-0.25, -0.2) is 9.97 Å². The van der Waals surface area contributed by atoms with Gasteiger partial charge in [0, 0.05) is 28.8 Å². The number of amides is 1. The fraction of sp³-hybridized carbons (Fsp3) is 0.417. The van der Waals surface area contributed by atoms with Gasteiger partial charge >= 0.3 is 6.18 Å². The minimum Gasteiger partial charge on any atom is -0.372 e. The molecule has 1 fully saturated rings. The van der Waals surface area contributed by atoms with Crippen molar-refractivity contribution in [2.24, 2.45) is 0 Å². The Labute approximate surface area is 204 Å². The summed E-state index contributed by atoms with van der Waals surface area (Å²) in [6, 6.07) is 7.97. The lowest BCUT2D eigenvalue weighted by Gasteiger charge is -2.35. The zero-order valence-corrected chi connectivity index (χ0v) is 20.5. The topological polar surface area (TPSA) is 88.2 Å². The Hall–Kier alpha value is -2.92. The summed E-state index contributed by atoms with van der Waals surface area (Å²) in [4.78, 5) is 37.7. The predicted octanol–water partition coefficient (Wildman–Crippen LogP) is 4.75. The molecule has 3 heterocycles. The van der Waals surface area contributed by atoms with E-state index in [0.29, 0.717) is 23.5 Å².